The molecular weight excluding hydrogens is 300 g/mol. The summed E-state index contributed by atoms with van der Waals surface area (Å²) in [6.45, 7) is 14.0. The Morgan fingerprint density at radius 2 is 1.77 bits per heavy atom. The van der Waals surface area contributed by atoms with Crippen LogP contribution in [0.2, 0.25) is 0 Å². The number of rotatable bonds is 10. The summed E-state index contributed by atoms with van der Waals surface area (Å²) in [4.78, 5) is 6.98. The highest BCUT2D eigenvalue weighted by atomic mass is 32.2. The third-order valence-electron chi connectivity index (χ3n) is 3.60. The minimum atomic E-state index is -2.92. The lowest BCUT2D eigenvalue weighted by atomic mass is 10.2. The predicted octanol–water partition coefficient (Wildman–Crippen LogP) is 1.10. The highest BCUT2D eigenvalue weighted by Gasteiger charge is 2.12. The van der Waals surface area contributed by atoms with E-state index < -0.39 is 9.84 Å². The molecule has 2 N–H and O–H groups in total. The Bertz CT molecular complexity index is 419. The van der Waals surface area contributed by atoms with Crippen LogP contribution in [0.25, 0.3) is 0 Å². The number of nitrogens with one attached hydrogen (secondary N) is 2. The predicted molar refractivity (Wildman–Crippen MR) is 95.3 cm³/mol. The maximum atomic E-state index is 11.2. The van der Waals surface area contributed by atoms with Gasteiger partial charge in [-0.1, -0.05) is 13.8 Å². The summed E-state index contributed by atoms with van der Waals surface area (Å²) in [6, 6.07) is 0.452. The summed E-state index contributed by atoms with van der Waals surface area (Å²) in [5.41, 5.74) is 0. The van der Waals surface area contributed by atoms with Gasteiger partial charge in [0.05, 0.1) is 12.3 Å². The van der Waals surface area contributed by atoms with Crippen LogP contribution in [0.5, 0.6) is 0 Å². The topological polar surface area (TPSA) is 73.8 Å². The maximum absolute atomic E-state index is 11.2. The monoisotopic (exact) mass is 334 g/mol. The first-order valence-corrected chi connectivity index (χ1v) is 10.3. The first-order chi connectivity index (χ1) is 10.2. The number of aliphatic imine (C=N–C) groups is 1. The summed E-state index contributed by atoms with van der Waals surface area (Å²) in [7, 11) is -2.92. The summed E-state index contributed by atoms with van der Waals surface area (Å²) in [6.07, 6.45) is 1.85. The van der Waals surface area contributed by atoms with Gasteiger partial charge in [0.15, 0.2) is 5.96 Å². The van der Waals surface area contributed by atoms with Crippen LogP contribution >= 0.6 is 0 Å². The van der Waals surface area contributed by atoms with Crippen molar-refractivity contribution in [2.75, 3.05) is 38.2 Å². The normalized spacial score (nSPS) is 15.7. The van der Waals surface area contributed by atoms with E-state index in [0.29, 0.717) is 12.5 Å². The van der Waals surface area contributed by atoms with E-state index in [4.69, 9.17) is 0 Å². The Kier molecular flexibility index (Phi) is 10.4. The average Bonchev–Trinajstić information content (AvgIpc) is 2.43. The van der Waals surface area contributed by atoms with E-state index in [1.807, 2.05) is 13.8 Å². The Hall–Kier alpha value is -0.820. The SMILES string of the molecule is CCNC(=NCC(C)N(CC)CC)NC(C)CCS(C)(=O)=O. The molecule has 0 aromatic heterocycles. The van der Waals surface area contributed by atoms with Crippen LogP contribution in [0.15, 0.2) is 4.99 Å². The lowest BCUT2D eigenvalue weighted by Crippen LogP contribution is -2.44. The van der Waals surface area contributed by atoms with Gasteiger partial charge in [-0.25, -0.2) is 8.42 Å². The second kappa shape index (κ2) is 10.8. The van der Waals surface area contributed by atoms with Crippen LogP contribution in [0.1, 0.15) is 41.0 Å². The van der Waals surface area contributed by atoms with Gasteiger partial charge in [-0.3, -0.25) is 9.89 Å². The fourth-order valence-electron chi connectivity index (χ4n) is 2.20. The molecule has 0 radical (unpaired) electrons. The molecule has 0 heterocycles. The van der Waals surface area contributed by atoms with Crippen LogP contribution in [0.3, 0.4) is 0 Å². The fourth-order valence-corrected chi connectivity index (χ4v) is 2.98. The molecule has 0 amide bonds. The standard InChI is InChI=1S/C15H34N4O2S/c1-7-16-15(17-12-14(5)19(8-2)9-3)18-13(4)10-11-22(6,20)21/h13-14H,7-12H2,1-6H3,(H2,16,17,18). The summed E-state index contributed by atoms with van der Waals surface area (Å²) in [5, 5.41) is 6.49. The molecule has 0 fully saturated rings. The van der Waals surface area contributed by atoms with Crippen molar-refractivity contribution in [2.45, 2.75) is 53.1 Å². The number of guanidine groups is 1. The molecule has 0 aliphatic carbocycles. The first kappa shape index (κ1) is 21.2. The zero-order chi connectivity index (χ0) is 17.2. The smallest absolute Gasteiger partial charge is 0.191 e. The number of sulfone groups is 1. The lowest BCUT2D eigenvalue weighted by Gasteiger charge is -2.25. The molecular formula is C15H34N4O2S. The molecule has 0 spiro atoms. The largest absolute Gasteiger partial charge is 0.357 e. The van der Waals surface area contributed by atoms with E-state index in [2.05, 4.69) is 41.3 Å². The molecule has 6 nitrogen and oxygen atoms in total. The molecule has 2 unspecified atom stereocenters. The van der Waals surface area contributed by atoms with Crippen LogP contribution < -0.4 is 10.6 Å². The van der Waals surface area contributed by atoms with Gasteiger partial charge in [0, 0.05) is 24.9 Å². The third-order valence-corrected chi connectivity index (χ3v) is 4.58. The molecule has 22 heavy (non-hydrogen) atoms. The average molecular weight is 335 g/mol. The van der Waals surface area contributed by atoms with Gasteiger partial charge in [-0.15, -0.1) is 0 Å². The summed E-state index contributed by atoms with van der Waals surface area (Å²) >= 11 is 0. The third kappa shape index (κ3) is 10.00. The molecule has 132 valence electrons. The zero-order valence-electron chi connectivity index (χ0n) is 15.0. The van der Waals surface area contributed by atoms with Gasteiger partial charge >= 0.3 is 0 Å². The molecule has 0 aromatic rings. The molecule has 0 rings (SSSR count). The van der Waals surface area contributed by atoms with E-state index in [1.165, 1.54) is 6.26 Å². The van der Waals surface area contributed by atoms with Gasteiger partial charge in [-0.05, 0) is 40.3 Å². The molecule has 7 heteroatoms. The molecule has 0 aliphatic rings. The van der Waals surface area contributed by atoms with Crippen LogP contribution in [-0.4, -0.2) is 69.5 Å². The lowest BCUT2D eigenvalue weighted by molar-refractivity contribution is 0.237. The van der Waals surface area contributed by atoms with Crippen molar-refractivity contribution in [3.05, 3.63) is 0 Å². The molecule has 0 saturated carbocycles. The van der Waals surface area contributed by atoms with E-state index in [9.17, 15) is 8.42 Å². The minimum absolute atomic E-state index is 0.0660. The van der Waals surface area contributed by atoms with Gasteiger partial charge in [-0.2, -0.15) is 0 Å². The van der Waals surface area contributed by atoms with Crippen molar-refractivity contribution < 1.29 is 8.42 Å². The molecule has 2 atom stereocenters. The van der Waals surface area contributed by atoms with Gasteiger partial charge < -0.3 is 10.6 Å². The van der Waals surface area contributed by atoms with Gasteiger partial charge in [0.1, 0.15) is 9.84 Å². The summed E-state index contributed by atoms with van der Waals surface area (Å²) in [5.74, 6) is 0.943. The Balaban J connectivity index is 4.54. The van der Waals surface area contributed by atoms with Crippen molar-refractivity contribution in [3.63, 3.8) is 0 Å². The number of nitrogens with zero attached hydrogens (tertiary/aromatic N) is 2. The van der Waals surface area contributed by atoms with Crippen molar-refractivity contribution >= 4 is 15.8 Å². The number of hydrogen-bond acceptors (Lipinski definition) is 4. The van der Waals surface area contributed by atoms with Crippen LogP contribution in [0, 0.1) is 0 Å². The number of hydrogen-bond donors (Lipinski definition) is 2. The zero-order valence-corrected chi connectivity index (χ0v) is 15.8. The van der Waals surface area contributed by atoms with Gasteiger partial charge in [0.25, 0.3) is 0 Å². The van der Waals surface area contributed by atoms with E-state index in [1.54, 1.807) is 0 Å². The summed E-state index contributed by atoms with van der Waals surface area (Å²) < 4.78 is 22.4. The fraction of sp³-hybridized carbons (Fsp3) is 0.933. The Labute approximate surface area is 136 Å². The van der Waals surface area contributed by atoms with E-state index in [-0.39, 0.29) is 11.8 Å². The molecule has 0 aliphatic heterocycles. The van der Waals surface area contributed by atoms with Crippen molar-refractivity contribution in [3.8, 4) is 0 Å². The minimum Gasteiger partial charge on any atom is -0.357 e. The second-order valence-corrected chi connectivity index (χ2v) is 8.01. The quantitative estimate of drug-likeness (QED) is 0.462. The highest BCUT2D eigenvalue weighted by molar-refractivity contribution is 7.90. The molecule has 0 saturated heterocycles. The Morgan fingerprint density at radius 1 is 1.18 bits per heavy atom. The van der Waals surface area contributed by atoms with Crippen LogP contribution in [-0.2, 0) is 9.84 Å². The van der Waals surface area contributed by atoms with Crippen molar-refractivity contribution in [1.29, 1.82) is 0 Å². The van der Waals surface area contributed by atoms with E-state index in [0.717, 1.165) is 32.1 Å². The van der Waals surface area contributed by atoms with Gasteiger partial charge in [0.2, 0.25) is 0 Å². The highest BCUT2D eigenvalue weighted by Crippen LogP contribution is 1.99. The van der Waals surface area contributed by atoms with Crippen molar-refractivity contribution in [2.24, 2.45) is 4.99 Å². The number of likely N-dealkylation sites (N-methyl/N-ethyl adjacent to an activating group) is 1. The second-order valence-electron chi connectivity index (χ2n) is 5.75. The first-order valence-electron chi connectivity index (χ1n) is 8.20. The van der Waals surface area contributed by atoms with E-state index >= 15 is 0 Å². The Morgan fingerprint density at radius 3 is 2.23 bits per heavy atom. The van der Waals surface area contributed by atoms with Crippen LogP contribution in [0.4, 0.5) is 0 Å². The molecule has 0 bridgehead atoms. The molecule has 0 aromatic carbocycles. The van der Waals surface area contributed by atoms with Crippen molar-refractivity contribution in [1.82, 2.24) is 15.5 Å². The maximum Gasteiger partial charge on any atom is 0.191 e.